The molecule has 1 unspecified atom stereocenters. The summed E-state index contributed by atoms with van der Waals surface area (Å²) in [5.74, 6) is 0. The molecule has 16 heavy (non-hydrogen) atoms. The van der Waals surface area contributed by atoms with Crippen LogP contribution in [0.3, 0.4) is 0 Å². The van der Waals surface area contributed by atoms with E-state index in [4.69, 9.17) is 9.94 Å². The minimum absolute atomic E-state index is 0.0470. The lowest BCUT2D eigenvalue weighted by Gasteiger charge is -2.31. The van der Waals surface area contributed by atoms with Gasteiger partial charge in [-0.15, -0.1) is 5.16 Å². The summed E-state index contributed by atoms with van der Waals surface area (Å²) in [5.41, 5.74) is 0. The number of rotatable bonds is 4. The molecule has 0 saturated heterocycles. The predicted octanol–water partition coefficient (Wildman–Crippen LogP) is 2.01. The molecule has 5 nitrogen and oxygen atoms in total. The maximum Gasteiger partial charge on any atom is 0.410 e. The molecule has 90 valence electrons. The summed E-state index contributed by atoms with van der Waals surface area (Å²) in [4.78, 5) is 13.3. The maximum atomic E-state index is 11.6. The second-order valence-electron chi connectivity index (χ2n) is 3.55. The standard InChI is InChI=1S/C11H18N2O3/c1-2-16-11(14)13-9-4-3-6-10(13)7-5-8-12-15/h3,6,8,10,15H,2,4-5,7,9H2,1H3/b12-8+. The van der Waals surface area contributed by atoms with Crippen LogP contribution in [0.1, 0.15) is 26.2 Å². The Morgan fingerprint density at radius 1 is 1.75 bits per heavy atom. The lowest BCUT2D eigenvalue weighted by atomic mass is 10.1. The first-order valence-electron chi connectivity index (χ1n) is 5.55. The van der Waals surface area contributed by atoms with Crippen molar-refractivity contribution < 1.29 is 14.7 Å². The molecule has 0 aromatic heterocycles. The van der Waals surface area contributed by atoms with Gasteiger partial charge < -0.3 is 14.8 Å². The molecule has 1 amide bonds. The predicted molar refractivity (Wildman–Crippen MR) is 60.8 cm³/mol. The van der Waals surface area contributed by atoms with Crippen molar-refractivity contribution in [2.24, 2.45) is 5.16 Å². The van der Waals surface area contributed by atoms with Gasteiger partial charge >= 0.3 is 6.09 Å². The monoisotopic (exact) mass is 226 g/mol. The van der Waals surface area contributed by atoms with E-state index in [0.29, 0.717) is 19.6 Å². The smallest absolute Gasteiger partial charge is 0.410 e. The molecular weight excluding hydrogens is 208 g/mol. The first-order chi connectivity index (χ1) is 7.79. The molecule has 5 heteroatoms. The Kier molecular flexibility index (Phi) is 5.39. The summed E-state index contributed by atoms with van der Waals surface area (Å²) in [6.07, 6.45) is 7.50. The Hall–Kier alpha value is -1.52. The second kappa shape index (κ2) is 6.87. The Morgan fingerprint density at radius 2 is 2.56 bits per heavy atom. The highest BCUT2D eigenvalue weighted by molar-refractivity contribution is 5.68. The number of hydrogen-bond donors (Lipinski definition) is 1. The zero-order valence-electron chi connectivity index (χ0n) is 9.50. The van der Waals surface area contributed by atoms with Gasteiger partial charge in [0.15, 0.2) is 0 Å². The van der Waals surface area contributed by atoms with Gasteiger partial charge in [0.1, 0.15) is 0 Å². The zero-order chi connectivity index (χ0) is 11.8. The minimum Gasteiger partial charge on any atom is -0.450 e. The number of oxime groups is 1. The minimum atomic E-state index is -0.266. The number of hydrogen-bond acceptors (Lipinski definition) is 4. The van der Waals surface area contributed by atoms with E-state index < -0.39 is 0 Å². The number of amides is 1. The molecule has 1 rings (SSSR count). The van der Waals surface area contributed by atoms with Crippen molar-refractivity contribution in [3.05, 3.63) is 12.2 Å². The summed E-state index contributed by atoms with van der Waals surface area (Å²) in [5, 5.41) is 11.2. The van der Waals surface area contributed by atoms with Crippen molar-refractivity contribution in [1.82, 2.24) is 4.90 Å². The van der Waals surface area contributed by atoms with Crippen molar-refractivity contribution >= 4 is 12.3 Å². The fourth-order valence-electron chi connectivity index (χ4n) is 1.72. The van der Waals surface area contributed by atoms with Gasteiger partial charge in [-0.3, -0.25) is 0 Å². The SMILES string of the molecule is CCOC(=O)N1CCC=CC1CC/C=N/O. The topological polar surface area (TPSA) is 62.1 Å². The van der Waals surface area contributed by atoms with E-state index >= 15 is 0 Å². The van der Waals surface area contributed by atoms with Gasteiger partial charge in [-0.2, -0.15) is 0 Å². The Morgan fingerprint density at radius 3 is 3.25 bits per heavy atom. The third kappa shape index (κ3) is 3.56. The summed E-state index contributed by atoms with van der Waals surface area (Å²) in [6.45, 7) is 2.88. The molecule has 1 atom stereocenters. The Labute approximate surface area is 95.4 Å². The average Bonchev–Trinajstić information content (AvgIpc) is 2.30. The molecule has 1 aliphatic rings. The first-order valence-corrected chi connectivity index (χ1v) is 5.55. The fraction of sp³-hybridized carbons (Fsp3) is 0.636. The molecule has 1 heterocycles. The lowest BCUT2D eigenvalue weighted by Crippen LogP contribution is -2.42. The van der Waals surface area contributed by atoms with Gasteiger partial charge in [0.2, 0.25) is 0 Å². The third-order valence-electron chi connectivity index (χ3n) is 2.47. The van der Waals surface area contributed by atoms with Crippen molar-refractivity contribution in [3.63, 3.8) is 0 Å². The van der Waals surface area contributed by atoms with Gasteiger partial charge in [-0.05, 0) is 26.2 Å². The molecule has 1 N–H and O–H groups in total. The third-order valence-corrected chi connectivity index (χ3v) is 2.47. The van der Waals surface area contributed by atoms with Crippen LogP contribution in [0.25, 0.3) is 0 Å². The molecule has 1 aliphatic heterocycles. The molecule has 0 aromatic rings. The van der Waals surface area contributed by atoms with Crippen LogP contribution in [0.5, 0.6) is 0 Å². The van der Waals surface area contributed by atoms with Crippen LogP contribution >= 0.6 is 0 Å². The number of carbonyl (C=O) groups excluding carboxylic acids is 1. The van der Waals surface area contributed by atoms with Crippen LogP contribution in [-0.4, -0.2) is 41.6 Å². The average molecular weight is 226 g/mol. The van der Waals surface area contributed by atoms with Crippen molar-refractivity contribution in [1.29, 1.82) is 0 Å². The van der Waals surface area contributed by atoms with Crippen LogP contribution in [0.15, 0.2) is 17.3 Å². The number of carbonyl (C=O) groups is 1. The van der Waals surface area contributed by atoms with Crippen LogP contribution in [0.4, 0.5) is 4.79 Å². The molecule has 0 radical (unpaired) electrons. The molecule has 0 fully saturated rings. The molecular formula is C11H18N2O3. The largest absolute Gasteiger partial charge is 0.450 e. The van der Waals surface area contributed by atoms with E-state index in [1.165, 1.54) is 6.21 Å². The summed E-state index contributed by atoms with van der Waals surface area (Å²) in [6, 6.07) is 0.0470. The van der Waals surface area contributed by atoms with Gasteiger partial charge in [-0.1, -0.05) is 12.2 Å². The summed E-state index contributed by atoms with van der Waals surface area (Å²) in [7, 11) is 0. The maximum absolute atomic E-state index is 11.6. The van der Waals surface area contributed by atoms with Gasteiger partial charge in [0, 0.05) is 12.8 Å². The van der Waals surface area contributed by atoms with Crippen LogP contribution in [-0.2, 0) is 4.74 Å². The lowest BCUT2D eigenvalue weighted by molar-refractivity contribution is 0.0951. The van der Waals surface area contributed by atoms with E-state index in [1.807, 2.05) is 6.08 Å². The van der Waals surface area contributed by atoms with Crippen molar-refractivity contribution in [2.45, 2.75) is 32.2 Å². The number of nitrogens with zero attached hydrogens (tertiary/aromatic N) is 2. The van der Waals surface area contributed by atoms with Gasteiger partial charge in [0.25, 0.3) is 0 Å². The molecule has 0 aliphatic carbocycles. The molecule has 0 bridgehead atoms. The highest BCUT2D eigenvalue weighted by Crippen LogP contribution is 2.15. The highest BCUT2D eigenvalue weighted by Gasteiger charge is 2.23. The molecule has 0 saturated carbocycles. The highest BCUT2D eigenvalue weighted by atomic mass is 16.6. The van der Waals surface area contributed by atoms with Crippen LogP contribution < -0.4 is 0 Å². The van der Waals surface area contributed by atoms with E-state index in [1.54, 1.807) is 11.8 Å². The number of ether oxygens (including phenoxy) is 1. The fourth-order valence-corrected chi connectivity index (χ4v) is 1.72. The second-order valence-corrected chi connectivity index (χ2v) is 3.55. The van der Waals surface area contributed by atoms with Crippen molar-refractivity contribution in [2.75, 3.05) is 13.2 Å². The van der Waals surface area contributed by atoms with Gasteiger partial charge in [-0.25, -0.2) is 4.79 Å². The quantitative estimate of drug-likeness (QED) is 0.345. The Bertz CT molecular complexity index is 276. The van der Waals surface area contributed by atoms with Crippen LogP contribution in [0, 0.1) is 0 Å². The first kappa shape index (κ1) is 12.5. The molecule has 0 aromatic carbocycles. The normalized spacial score (nSPS) is 20.3. The Balaban J connectivity index is 2.52. The summed E-state index contributed by atoms with van der Waals surface area (Å²) < 4.78 is 4.99. The van der Waals surface area contributed by atoms with E-state index in [2.05, 4.69) is 11.2 Å². The van der Waals surface area contributed by atoms with E-state index in [0.717, 1.165) is 12.8 Å². The van der Waals surface area contributed by atoms with E-state index in [9.17, 15) is 4.79 Å². The van der Waals surface area contributed by atoms with E-state index in [-0.39, 0.29) is 12.1 Å². The summed E-state index contributed by atoms with van der Waals surface area (Å²) >= 11 is 0. The van der Waals surface area contributed by atoms with Crippen molar-refractivity contribution in [3.8, 4) is 0 Å². The zero-order valence-corrected chi connectivity index (χ0v) is 9.50. The molecule has 0 spiro atoms. The van der Waals surface area contributed by atoms with Crippen LogP contribution in [0.2, 0.25) is 0 Å². The van der Waals surface area contributed by atoms with Gasteiger partial charge in [0.05, 0.1) is 12.6 Å².